The number of benzene rings is 1. The molecule has 1 aliphatic heterocycles. The van der Waals surface area contributed by atoms with Gasteiger partial charge in [0.05, 0.1) is 17.4 Å². The Bertz CT molecular complexity index is 849. The molecule has 1 aromatic heterocycles. The minimum Gasteiger partial charge on any atom is -0.474 e. The van der Waals surface area contributed by atoms with Crippen LogP contribution in [-0.2, 0) is 11.2 Å². The highest BCUT2D eigenvalue weighted by Gasteiger charge is 2.32. The fourth-order valence-electron chi connectivity index (χ4n) is 3.89. The Hall–Kier alpha value is -2.43. The maximum Gasteiger partial charge on any atom is 0.233 e. The number of ether oxygens (including phenoxy) is 1. The number of rotatable bonds is 5. The van der Waals surface area contributed by atoms with Gasteiger partial charge in [0, 0.05) is 6.42 Å². The topological polar surface area (TPSA) is 55.3 Å². The summed E-state index contributed by atoms with van der Waals surface area (Å²) in [5.41, 5.74) is 5.21. The number of amides is 1. The van der Waals surface area contributed by atoms with E-state index in [1.165, 1.54) is 5.56 Å². The van der Waals surface area contributed by atoms with Crippen molar-refractivity contribution in [2.75, 3.05) is 4.90 Å². The molecule has 0 saturated heterocycles. The first kappa shape index (κ1) is 19.3. The van der Waals surface area contributed by atoms with E-state index < -0.39 is 0 Å². The highest BCUT2D eigenvalue weighted by Crippen LogP contribution is 2.40. The first-order valence-corrected chi connectivity index (χ1v) is 9.80. The third-order valence-electron chi connectivity index (χ3n) is 5.16. The lowest BCUT2D eigenvalue weighted by Gasteiger charge is -2.32. The molecular formula is C22H29N3O2. The van der Waals surface area contributed by atoms with Crippen LogP contribution in [0.15, 0.2) is 12.1 Å². The van der Waals surface area contributed by atoms with Crippen molar-refractivity contribution in [2.24, 2.45) is 0 Å². The van der Waals surface area contributed by atoms with E-state index in [-0.39, 0.29) is 12.0 Å². The van der Waals surface area contributed by atoms with Gasteiger partial charge in [-0.05, 0) is 58.1 Å². The Balaban J connectivity index is 2.16. The summed E-state index contributed by atoms with van der Waals surface area (Å²) in [4.78, 5) is 23.9. The molecule has 0 fully saturated rings. The third-order valence-corrected chi connectivity index (χ3v) is 5.16. The molecule has 0 saturated carbocycles. The van der Waals surface area contributed by atoms with Crippen molar-refractivity contribution >= 4 is 17.4 Å². The van der Waals surface area contributed by atoms with Crippen LogP contribution in [0.4, 0.5) is 11.5 Å². The first-order chi connectivity index (χ1) is 12.8. The minimum absolute atomic E-state index is 0.0733. The van der Waals surface area contributed by atoms with E-state index in [0.29, 0.717) is 30.4 Å². The number of aromatic nitrogens is 2. The molecule has 3 rings (SSSR count). The van der Waals surface area contributed by atoms with Gasteiger partial charge in [0.1, 0.15) is 5.82 Å². The molecule has 1 aromatic carbocycles. The number of anilines is 2. The number of aryl methyl sites for hydroxylation is 4. The molecule has 1 amide bonds. The molecule has 0 aliphatic carbocycles. The Morgan fingerprint density at radius 3 is 2.26 bits per heavy atom. The van der Waals surface area contributed by atoms with E-state index in [1.54, 1.807) is 4.90 Å². The average Bonchev–Trinajstić information content (AvgIpc) is 2.60. The molecule has 2 aromatic rings. The van der Waals surface area contributed by atoms with Crippen molar-refractivity contribution in [3.8, 4) is 5.88 Å². The molecule has 144 valence electrons. The standard InChI is InChI=1S/C22H29N3O2/c1-7-17(8-2)27-22-18-9-10-19(26)25(21(18)23-16(6)24-22)20-14(4)11-13(3)12-15(20)5/h11-12,17H,7-10H2,1-6H3. The van der Waals surface area contributed by atoms with Gasteiger partial charge >= 0.3 is 0 Å². The molecule has 5 nitrogen and oxygen atoms in total. The maximum atomic E-state index is 12.9. The average molecular weight is 367 g/mol. The first-order valence-electron chi connectivity index (χ1n) is 9.80. The summed E-state index contributed by atoms with van der Waals surface area (Å²) in [7, 11) is 0. The second-order valence-corrected chi connectivity index (χ2v) is 7.41. The van der Waals surface area contributed by atoms with Gasteiger partial charge in [-0.2, -0.15) is 4.98 Å². The summed E-state index contributed by atoms with van der Waals surface area (Å²) in [5.74, 6) is 2.00. The Kier molecular flexibility index (Phi) is 5.49. The van der Waals surface area contributed by atoms with Gasteiger partial charge in [-0.3, -0.25) is 9.69 Å². The molecule has 27 heavy (non-hydrogen) atoms. The van der Waals surface area contributed by atoms with Gasteiger partial charge in [-0.1, -0.05) is 31.5 Å². The number of carbonyl (C=O) groups is 1. The van der Waals surface area contributed by atoms with Crippen molar-refractivity contribution in [3.63, 3.8) is 0 Å². The summed E-state index contributed by atoms with van der Waals surface area (Å²) in [6.07, 6.45) is 3.02. The van der Waals surface area contributed by atoms with Gasteiger partial charge < -0.3 is 4.74 Å². The molecule has 0 radical (unpaired) electrons. The van der Waals surface area contributed by atoms with E-state index in [2.05, 4.69) is 42.9 Å². The van der Waals surface area contributed by atoms with Gasteiger partial charge in [-0.15, -0.1) is 0 Å². The molecular weight excluding hydrogens is 338 g/mol. The smallest absolute Gasteiger partial charge is 0.233 e. The van der Waals surface area contributed by atoms with Crippen LogP contribution in [0.25, 0.3) is 0 Å². The molecule has 0 spiro atoms. The summed E-state index contributed by atoms with van der Waals surface area (Å²) in [5, 5.41) is 0. The van der Waals surface area contributed by atoms with Crippen molar-refractivity contribution in [3.05, 3.63) is 40.2 Å². The zero-order valence-electron chi connectivity index (χ0n) is 17.2. The number of nitrogens with zero attached hydrogens (tertiary/aromatic N) is 3. The fraction of sp³-hybridized carbons (Fsp3) is 0.500. The maximum absolute atomic E-state index is 12.9. The Labute approximate surface area is 161 Å². The van der Waals surface area contributed by atoms with E-state index in [1.807, 2.05) is 20.8 Å². The molecule has 2 heterocycles. The van der Waals surface area contributed by atoms with Crippen LogP contribution in [0.2, 0.25) is 0 Å². The molecule has 0 bridgehead atoms. The second-order valence-electron chi connectivity index (χ2n) is 7.41. The van der Waals surface area contributed by atoms with E-state index in [9.17, 15) is 4.79 Å². The van der Waals surface area contributed by atoms with Gasteiger partial charge in [0.15, 0.2) is 5.82 Å². The van der Waals surface area contributed by atoms with Crippen LogP contribution in [-0.4, -0.2) is 22.0 Å². The number of fused-ring (bicyclic) bond motifs is 1. The van der Waals surface area contributed by atoms with Crippen LogP contribution in [0.1, 0.15) is 61.2 Å². The minimum atomic E-state index is 0.0733. The van der Waals surface area contributed by atoms with E-state index in [4.69, 9.17) is 4.74 Å². The van der Waals surface area contributed by atoms with E-state index >= 15 is 0 Å². The second kappa shape index (κ2) is 7.67. The normalized spacial score (nSPS) is 13.9. The molecule has 0 unspecified atom stereocenters. The molecule has 5 heteroatoms. The van der Waals surface area contributed by atoms with Crippen LogP contribution in [0.3, 0.4) is 0 Å². The summed E-state index contributed by atoms with van der Waals surface area (Å²) in [6.45, 7) is 12.3. The number of hydrogen-bond donors (Lipinski definition) is 0. The zero-order valence-corrected chi connectivity index (χ0v) is 17.2. The number of hydrogen-bond acceptors (Lipinski definition) is 4. The molecule has 1 aliphatic rings. The van der Waals surface area contributed by atoms with Crippen molar-refractivity contribution < 1.29 is 9.53 Å². The van der Waals surface area contributed by atoms with Crippen molar-refractivity contribution in [1.82, 2.24) is 9.97 Å². The van der Waals surface area contributed by atoms with Crippen LogP contribution < -0.4 is 9.64 Å². The highest BCUT2D eigenvalue weighted by molar-refractivity contribution is 6.03. The zero-order chi connectivity index (χ0) is 19.7. The van der Waals surface area contributed by atoms with Crippen LogP contribution in [0.5, 0.6) is 5.88 Å². The van der Waals surface area contributed by atoms with Gasteiger partial charge in [0.25, 0.3) is 0 Å². The van der Waals surface area contributed by atoms with Crippen LogP contribution in [0, 0.1) is 27.7 Å². The predicted octanol–water partition coefficient (Wildman–Crippen LogP) is 4.89. The van der Waals surface area contributed by atoms with Gasteiger partial charge in [0.2, 0.25) is 11.8 Å². The van der Waals surface area contributed by atoms with Gasteiger partial charge in [-0.25, -0.2) is 4.98 Å². The summed E-state index contributed by atoms with van der Waals surface area (Å²) < 4.78 is 6.20. The van der Waals surface area contributed by atoms with Crippen molar-refractivity contribution in [2.45, 2.75) is 73.3 Å². The molecule has 0 atom stereocenters. The third kappa shape index (κ3) is 3.68. The molecule has 0 N–H and O–H groups in total. The quantitative estimate of drug-likeness (QED) is 0.755. The predicted molar refractivity (Wildman–Crippen MR) is 108 cm³/mol. The number of carbonyl (C=O) groups excluding carboxylic acids is 1. The summed E-state index contributed by atoms with van der Waals surface area (Å²) in [6, 6.07) is 4.22. The monoisotopic (exact) mass is 367 g/mol. The lowest BCUT2D eigenvalue weighted by atomic mass is 9.99. The summed E-state index contributed by atoms with van der Waals surface area (Å²) >= 11 is 0. The lowest BCUT2D eigenvalue weighted by Crippen LogP contribution is -2.34. The van der Waals surface area contributed by atoms with Crippen LogP contribution >= 0.6 is 0 Å². The Morgan fingerprint density at radius 2 is 1.67 bits per heavy atom. The fourth-order valence-corrected chi connectivity index (χ4v) is 3.89. The van der Waals surface area contributed by atoms with E-state index in [0.717, 1.165) is 35.2 Å². The Morgan fingerprint density at radius 1 is 1.04 bits per heavy atom. The lowest BCUT2D eigenvalue weighted by molar-refractivity contribution is -0.118. The highest BCUT2D eigenvalue weighted by atomic mass is 16.5. The largest absolute Gasteiger partial charge is 0.474 e. The SMILES string of the molecule is CCC(CC)Oc1nc(C)nc2c1CCC(=O)N2c1c(C)cc(C)cc1C. The van der Waals surface area contributed by atoms with Crippen molar-refractivity contribution in [1.29, 1.82) is 0 Å².